The molecule has 4 nitrogen and oxygen atoms in total. The van der Waals surface area contributed by atoms with Gasteiger partial charge in [-0.3, -0.25) is 4.90 Å². The number of thiophene rings is 1. The third kappa shape index (κ3) is 5.08. The zero-order valence-corrected chi connectivity index (χ0v) is 15.5. The van der Waals surface area contributed by atoms with Crippen molar-refractivity contribution in [1.29, 1.82) is 0 Å². The number of urea groups is 1. The van der Waals surface area contributed by atoms with Crippen molar-refractivity contribution in [2.45, 2.75) is 33.4 Å². The number of nitrogens with one attached hydrogen (secondary N) is 2. The Morgan fingerprint density at radius 2 is 1.92 bits per heavy atom. The lowest BCUT2D eigenvalue weighted by Gasteiger charge is -2.29. The van der Waals surface area contributed by atoms with Gasteiger partial charge in [-0.05, 0) is 53.5 Å². The second-order valence-corrected chi connectivity index (χ2v) is 6.56. The van der Waals surface area contributed by atoms with E-state index in [9.17, 15) is 4.79 Å². The summed E-state index contributed by atoms with van der Waals surface area (Å²) in [6.45, 7) is 9.45. The Balaban J connectivity index is 1.89. The highest BCUT2D eigenvalue weighted by atomic mass is 32.1. The molecule has 0 aliphatic heterocycles. The highest BCUT2D eigenvalue weighted by molar-refractivity contribution is 7.07. The van der Waals surface area contributed by atoms with Crippen LogP contribution in [0.4, 0.5) is 4.79 Å². The molecule has 0 spiro atoms. The molecule has 1 atom stereocenters. The summed E-state index contributed by atoms with van der Waals surface area (Å²) in [4.78, 5) is 14.5. The number of carbonyl (C=O) groups is 1. The van der Waals surface area contributed by atoms with E-state index in [2.05, 4.69) is 59.2 Å². The molecule has 0 aliphatic carbocycles. The molecule has 1 heterocycles. The van der Waals surface area contributed by atoms with Gasteiger partial charge >= 0.3 is 6.03 Å². The number of benzene rings is 1. The van der Waals surface area contributed by atoms with Crippen molar-refractivity contribution >= 4 is 17.4 Å². The Bertz CT molecular complexity index is 623. The van der Waals surface area contributed by atoms with Crippen molar-refractivity contribution in [3.63, 3.8) is 0 Å². The average molecular weight is 346 g/mol. The van der Waals surface area contributed by atoms with Crippen LogP contribution in [0.15, 0.2) is 41.1 Å². The van der Waals surface area contributed by atoms with E-state index >= 15 is 0 Å². The lowest BCUT2D eigenvalue weighted by atomic mass is 10.1. The summed E-state index contributed by atoms with van der Waals surface area (Å²) < 4.78 is 0. The number of likely N-dealkylation sites (N-methyl/N-ethyl adjacent to an activating group) is 1. The fourth-order valence-corrected chi connectivity index (χ4v) is 3.53. The molecule has 5 heteroatoms. The number of carbonyl (C=O) groups excluding carboxylic acids is 1. The van der Waals surface area contributed by atoms with Crippen molar-refractivity contribution < 1.29 is 4.79 Å². The van der Waals surface area contributed by atoms with Gasteiger partial charge in [-0.15, -0.1) is 0 Å². The molecule has 0 saturated carbocycles. The molecule has 130 valence electrons. The molecular formula is C19H27N3OS. The van der Waals surface area contributed by atoms with Crippen LogP contribution in [0.3, 0.4) is 0 Å². The molecule has 1 aromatic heterocycles. The predicted octanol–water partition coefficient (Wildman–Crippen LogP) is 3.94. The minimum atomic E-state index is -0.120. The van der Waals surface area contributed by atoms with Crippen molar-refractivity contribution in [3.8, 4) is 0 Å². The average Bonchev–Trinajstić information content (AvgIpc) is 3.12. The number of hydrogen-bond acceptors (Lipinski definition) is 3. The summed E-state index contributed by atoms with van der Waals surface area (Å²) in [6.07, 6.45) is 0. The Labute approximate surface area is 148 Å². The lowest BCUT2D eigenvalue weighted by molar-refractivity contribution is 0.206. The molecular weight excluding hydrogens is 318 g/mol. The van der Waals surface area contributed by atoms with E-state index in [1.165, 1.54) is 11.1 Å². The van der Waals surface area contributed by atoms with Crippen LogP contribution < -0.4 is 10.6 Å². The number of amides is 2. The second-order valence-electron chi connectivity index (χ2n) is 5.78. The minimum Gasteiger partial charge on any atom is -0.336 e. The largest absolute Gasteiger partial charge is 0.336 e. The van der Waals surface area contributed by atoms with Gasteiger partial charge in [0.2, 0.25) is 0 Å². The maximum Gasteiger partial charge on any atom is 0.315 e. The smallest absolute Gasteiger partial charge is 0.315 e. The predicted molar refractivity (Wildman–Crippen MR) is 101 cm³/mol. The van der Waals surface area contributed by atoms with E-state index in [1.54, 1.807) is 11.3 Å². The van der Waals surface area contributed by atoms with Gasteiger partial charge in [0.05, 0.1) is 6.04 Å². The van der Waals surface area contributed by atoms with Gasteiger partial charge in [0.15, 0.2) is 0 Å². The fourth-order valence-electron chi connectivity index (χ4n) is 2.82. The van der Waals surface area contributed by atoms with E-state index in [0.717, 1.165) is 18.7 Å². The minimum absolute atomic E-state index is 0.120. The van der Waals surface area contributed by atoms with Crippen LogP contribution in [0, 0.1) is 6.92 Å². The van der Waals surface area contributed by atoms with E-state index in [1.807, 2.05) is 18.2 Å². The van der Waals surface area contributed by atoms with Gasteiger partial charge in [0.25, 0.3) is 0 Å². The summed E-state index contributed by atoms with van der Waals surface area (Å²) in [7, 11) is 0. The first kappa shape index (κ1) is 18.5. The van der Waals surface area contributed by atoms with Crippen molar-refractivity contribution in [1.82, 2.24) is 15.5 Å². The maximum absolute atomic E-state index is 12.2. The summed E-state index contributed by atoms with van der Waals surface area (Å²) in [6, 6.07) is 10.3. The molecule has 2 amide bonds. The van der Waals surface area contributed by atoms with Gasteiger partial charge in [-0.2, -0.15) is 11.3 Å². The first-order chi connectivity index (χ1) is 11.7. The summed E-state index contributed by atoms with van der Waals surface area (Å²) in [5, 5.41) is 10.2. The zero-order chi connectivity index (χ0) is 17.4. The molecule has 2 rings (SSSR count). The van der Waals surface area contributed by atoms with Crippen LogP contribution >= 0.6 is 11.3 Å². The van der Waals surface area contributed by atoms with Gasteiger partial charge in [-0.25, -0.2) is 4.79 Å². The first-order valence-corrected chi connectivity index (χ1v) is 9.42. The highest BCUT2D eigenvalue weighted by Gasteiger charge is 2.19. The third-order valence-corrected chi connectivity index (χ3v) is 5.04. The molecule has 0 saturated heterocycles. The molecule has 1 aromatic carbocycles. The van der Waals surface area contributed by atoms with E-state index in [4.69, 9.17) is 0 Å². The van der Waals surface area contributed by atoms with Crippen LogP contribution in [-0.2, 0) is 6.54 Å². The van der Waals surface area contributed by atoms with Crippen molar-refractivity contribution in [3.05, 3.63) is 57.8 Å². The van der Waals surface area contributed by atoms with Crippen LogP contribution in [0.1, 0.15) is 36.6 Å². The topological polar surface area (TPSA) is 44.4 Å². The molecule has 0 fully saturated rings. The lowest BCUT2D eigenvalue weighted by Crippen LogP contribution is -2.42. The van der Waals surface area contributed by atoms with Gasteiger partial charge < -0.3 is 10.6 Å². The molecule has 2 aromatic rings. The Hall–Kier alpha value is -1.85. The molecule has 1 unspecified atom stereocenters. The molecule has 0 bridgehead atoms. The number of hydrogen-bond donors (Lipinski definition) is 2. The third-order valence-electron chi connectivity index (χ3n) is 4.34. The molecule has 0 radical (unpaired) electrons. The highest BCUT2D eigenvalue weighted by Crippen LogP contribution is 2.22. The van der Waals surface area contributed by atoms with E-state index < -0.39 is 0 Å². The number of aryl methyl sites for hydroxylation is 1. The maximum atomic E-state index is 12.2. The standard InChI is InChI=1S/C19H27N3OS/c1-4-22(5-2)18(17-10-11-24-14-17)13-21-19(23)20-12-16-9-7-6-8-15(16)3/h6-11,14,18H,4-5,12-13H2,1-3H3,(H2,20,21,23). The first-order valence-electron chi connectivity index (χ1n) is 8.48. The molecule has 24 heavy (non-hydrogen) atoms. The van der Waals surface area contributed by atoms with Crippen LogP contribution in [0.5, 0.6) is 0 Å². The monoisotopic (exact) mass is 345 g/mol. The molecule has 0 aliphatic rings. The quantitative estimate of drug-likeness (QED) is 0.761. The van der Waals surface area contributed by atoms with E-state index in [-0.39, 0.29) is 12.1 Å². The Morgan fingerprint density at radius 1 is 1.17 bits per heavy atom. The zero-order valence-electron chi connectivity index (χ0n) is 14.7. The number of nitrogens with zero attached hydrogens (tertiary/aromatic N) is 1. The van der Waals surface area contributed by atoms with Crippen LogP contribution in [-0.4, -0.2) is 30.6 Å². The van der Waals surface area contributed by atoms with Gasteiger partial charge in [-0.1, -0.05) is 38.1 Å². The summed E-state index contributed by atoms with van der Waals surface area (Å²) in [5.41, 5.74) is 3.60. The van der Waals surface area contributed by atoms with Crippen LogP contribution in [0.25, 0.3) is 0 Å². The normalized spacial score (nSPS) is 12.2. The van der Waals surface area contributed by atoms with Crippen molar-refractivity contribution in [2.24, 2.45) is 0 Å². The fraction of sp³-hybridized carbons (Fsp3) is 0.421. The summed E-state index contributed by atoms with van der Waals surface area (Å²) >= 11 is 1.69. The van der Waals surface area contributed by atoms with Gasteiger partial charge in [0.1, 0.15) is 0 Å². The van der Waals surface area contributed by atoms with Crippen molar-refractivity contribution in [2.75, 3.05) is 19.6 Å². The SMILES string of the molecule is CCN(CC)C(CNC(=O)NCc1ccccc1C)c1ccsc1. The second kappa shape index (κ2) is 9.45. The van der Waals surface area contributed by atoms with E-state index in [0.29, 0.717) is 13.1 Å². The van der Waals surface area contributed by atoms with Gasteiger partial charge in [0, 0.05) is 13.1 Å². The van der Waals surface area contributed by atoms with Crippen LogP contribution in [0.2, 0.25) is 0 Å². The number of rotatable bonds is 8. The summed E-state index contributed by atoms with van der Waals surface area (Å²) in [5.74, 6) is 0. The Kier molecular flexibility index (Phi) is 7.28. The Morgan fingerprint density at radius 3 is 2.54 bits per heavy atom. The molecule has 2 N–H and O–H groups in total.